The van der Waals surface area contributed by atoms with Crippen molar-refractivity contribution in [2.24, 2.45) is 5.73 Å². The normalized spacial score (nSPS) is 19.8. The third-order valence-corrected chi connectivity index (χ3v) is 8.47. The van der Waals surface area contributed by atoms with Crippen molar-refractivity contribution >= 4 is 53.7 Å². The van der Waals surface area contributed by atoms with E-state index in [0.717, 1.165) is 76.4 Å². The Kier molecular flexibility index (Phi) is 10.4. The number of benzene rings is 2. The largest absolute Gasteiger partial charge is 0.368 e. The van der Waals surface area contributed by atoms with E-state index in [2.05, 4.69) is 51.1 Å². The molecule has 2 saturated heterocycles. The van der Waals surface area contributed by atoms with E-state index in [1.807, 2.05) is 6.07 Å². The summed E-state index contributed by atoms with van der Waals surface area (Å²) in [6.07, 6.45) is 8.48. The lowest BCUT2D eigenvalue weighted by Crippen LogP contribution is -2.63. The first-order chi connectivity index (χ1) is 16.6. The lowest BCUT2D eigenvalue weighted by molar-refractivity contribution is -0.134. The highest BCUT2D eigenvalue weighted by Crippen LogP contribution is 2.37. The van der Waals surface area contributed by atoms with Crippen molar-refractivity contribution in [2.75, 3.05) is 44.2 Å². The van der Waals surface area contributed by atoms with Gasteiger partial charge in [0.2, 0.25) is 5.91 Å². The third-order valence-electron chi connectivity index (χ3n) is 8.24. The molecular weight excluding hydrogens is 515 g/mol. The predicted octanol–water partition coefficient (Wildman–Crippen LogP) is 5.62. The highest BCUT2D eigenvalue weighted by molar-refractivity contribution is 6.30. The van der Waals surface area contributed by atoms with Crippen LogP contribution < -0.4 is 10.6 Å². The van der Waals surface area contributed by atoms with E-state index in [4.69, 9.17) is 17.3 Å². The minimum absolute atomic E-state index is 0. The number of hydrogen-bond donors (Lipinski definition) is 1. The van der Waals surface area contributed by atoms with Gasteiger partial charge in [-0.3, -0.25) is 9.69 Å². The molecule has 2 fully saturated rings. The van der Waals surface area contributed by atoms with Crippen LogP contribution in [-0.2, 0) is 17.6 Å². The second-order valence-electron chi connectivity index (χ2n) is 10.2. The Hall–Kier alpha value is -1.50. The maximum atomic E-state index is 12.5. The van der Waals surface area contributed by atoms with E-state index >= 15 is 0 Å². The summed E-state index contributed by atoms with van der Waals surface area (Å²) in [7, 11) is 0. The quantitative estimate of drug-likeness (QED) is 0.505. The van der Waals surface area contributed by atoms with Crippen LogP contribution in [0.15, 0.2) is 42.5 Å². The zero-order valence-corrected chi connectivity index (χ0v) is 23.4. The third kappa shape index (κ3) is 5.97. The van der Waals surface area contributed by atoms with Gasteiger partial charge in [-0.25, -0.2) is 0 Å². The van der Waals surface area contributed by atoms with Gasteiger partial charge in [0.25, 0.3) is 0 Å². The van der Waals surface area contributed by atoms with Gasteiger partial charge in [0, 0.05) is 36.0 Å². The van der Waals surface area contributed by atoms with Crippen molar-refractivity contribution in [3.63, 3.8) is 0 Å². The number of para-hydroxylation sites is 1. The topological polar surface area (TPSA) is 52.8 Å². The first-order valence-electron chi connectivity index (χ1n) is 13.0. The number of hydrogen-bond acceptors (Lipinski definition) is 4. The second kappa shape index (κ2) is 12.8. The molecule has 2 N–H and O–H groups in total. The van der Waals surface area contributed by atoms with Crippen LogP contribution in [0.1, 0.15) is 49.7 Å². The molecule has 5 rings (SSSR count). The summed E-state index contributed by atoms with van der Waals surface area (Å²) in [5, 5.41) is 0.810. The molecule has 198 valence electrons. The smallest absolute Gasteiger partial charge is 0.238 e. The lowest BCUT2D eigenvalue weighted by atomic mass is 9.83. The minimum atomic E-state index is -0.432. The molecule has 0 spiro atoms. The first-order valence-corrected chi connectivity index (χ1v) is 13.4. The predicted molar refractivity (Wildman–Crippen MR) is 154 cm³/mol. The number of amides is 1. The highest BCUT2D eigenvalue weighted by atomic mass is 35.5. The number of fused-ring (bicyclic) bond motifs is 2. The maximum absolute atomic E-state index is 12.5. The Morgan fingerprint density at radius 1 is 0.861 bits per heavy atom. The number of rotatable bonds is 6. The van der Waals surface area contributed by atoms with Crippen molar-refractivity contribution in [1.29, 1.82) is 0 Å². The number of anilines is 2. The standard InChI is InChI=1S/C28H37ClN4O.2ClH/c29-24-11-12-26-23(21-24)10-9-22-7-2-3-8-25(22)33(26)18-6-15-31-19-13-28(14-20-31,27(30)34)32-16-4-1-5-17-32;;/h2-3,7-8,11-12,21H,1,4-6,9-10,13-20H2,(H2,30,34);2*1H. The molecule has 0 atom stereocenters. The lowest BCUT2D eigenvalue weighted by Gasteiger charge is -2.48. The van der Waals surface area contributed by atoms with Gasteiger partial charge in [-0.2, -0.15) is 0 Å². The van der Waals surface area contributed by atoms with Crippen LogP contribution in [-0.4, -0.2) is 60.5 Å². The molecule has 3 aliphatic heterocycles. The number of primary amides is 1. The van der Waals surface area contributed by atoms with Crippen molar-refractivity contribution in [3.05, 3.63) is 58.6 Å². The van der Waals surface area contributed by atoms with Gasteiger partial charge < -0.3 is 15.5 Å². The van der Waals surface area contributed by atoms with Crippen LogP contribution >= 0.6 is 36.4 Å². The van der Waals surface area contributed by atoms with E-state index in [1.54, 1.807) is 0 Å². The number of aryl methyl sites for hydroxylation is 2. The number of carbonyl (C=O) groups excluding carboxylic acids is 1. The summed E-state index contributed by atoms with van der Waals surface area (Å²) in [5.41, 5.74) is 10.9. The molecule has 0 bridgehead atoms. The van der Waals surface area contributed by atoms with E-state index in [0.29, 0.717) is 0 Å². The van der Waals surface area contributed by atoms with Crippen LogP contribution in [0.2, 0.25) is 5.02 Å². The number of nitrogens with zero attached hydrogens (tertiary/aromatic N) is 3. The Balaban J connectivity index is 0.00000180. The fraction of sp³-hybridized carbons (Fsp3) is 0.536. The summed E-state index contributed by atoms with van der Waals surface area (Å²) in [6, 6.07) is 15.1. The van der Waals surface area contributed by atoms with Crippen molar-refractivity contribution < 1.29 is 4.79 Å². The van der Waals surface area contributed by atoms with Gasteiger partial charge in [0.1, 0.15) is 5.54 Å². The summed E-state index contributed by atoms with van der Waals surface area (Å²) in [4.78, 5) is 19.9. The first kappa shape index (κ1) is 29.1. The average molecular weight is 554 g/mol. The Bertz CT molecular complexity index is 1020. The van der Waals surface area contributed by atoms with Crippen molar-refractivity contribution in [2.45, 2.75) is 56.9 Å². The Labute approximate surface area is 233 Å². The van der Waals surface area contributed by atoms with Gasteiger partial charge >= 0.3 is 0 Å². The monoisotopic (exact) mass is 552 g/mol. The van der Waals surface area contributed by atoms with Gasteiger partial charge in [-0.15, -0.1) is 24.8 Å². The molecule has 1 amide bonds. The summed E-state index contributed by atoms with van der Waals surface area (Å²) >= 11 is 6.33. The minimum Gasteiger partial charge on any atom is -0.368 e. The second-order valence-corrected chi connectivity index (χ2v) is 10.6. The fourth-order valence-corrected chi connectivity index (χ4v) is 6.48. The van der Waals surface area contributed by atoms with Crippen LogP contribution in [0.3, 0.4) is 0 Å². The summed E-state index contributed by atoms with van der Waals surface area (Å²) in [5.74, 6) is -0.120. The van der Waals surface area contributed by atoms with Gasteiger partial charge in [0.05, 0.1) is 0 Å². The van der Waals surface area contributed by atoms with Crippen LogP contribution in [0.5, 0.6) is 0 Å². The number of halogens is 3. The van der Waals surface area contributed by atoms with E-state index in [9.17, 15) is 4.79 Å². The Morgan fingerprint density at radius 3 is 2.25 bits per heavy atom. The van der Waals surface area contributed by atoms with E-state index in [-0.39, 0.29) is 30.7 Å². The van der Waals surface area contributed by atoms with Crippen LogP contribution in [0.25, 0.3) is 0 Å². The zero-order chi connectivity index (χ0) is 23.5. The molecule has 8 heteroatoms. The maximum Gasteiger partial charge on any atom is 0.238 e. The zero-order valence-electron chi connectivity index (χ0n) is 21.0. The molecule has 0 radical (unpaired) electrons. The van der Waals surface area contributed by atoms with Crippen LogP contribution in [0.4, 0.5) is 11.4 Å². The molecule has 0 saturated carbocycles. The average Bonchev–Trinajstić information content (AvgIpc) is 3.02. The van der Waals surface area contributed by atoms with Crippen LogP contribution in [0, 0.1) is 0 Å². The van der Waals surface area contributed by atoms with Gasteiger partial charge in [-0.05, 0) is 100.0 Å². The molecule has 0 unspecified atom stereocenters. The number of likely N-dealkylation sites (tertiary alicyclic amines) is 2. The molecular formula is C28H39Cl3N4O. The molecule has 0 aromatic heterocycles. The molecule has 5 nitrogen and oxygen atoms in total. The molecule has 0 aliphatic carbocycles. The molecule has 2 aromatic rings. The highest BCUT2D eigenvalue weighted by Gasteiger charge is 2.44. The van der Waals surface area contributed by atoms with Crippen molar-refractivity contribution in [3.8, 4) is 0 Å². The molecule has 3 heterocycles. The number of piperidine rings is 2. The van der Waals surface area contributed by atoms with Crippen molar-refractivity contribution in [1.82, 2.24) is 9.80 Å². The number of carbonyl (C=O) groups is 1. The summed E-state index contributed by atoms with van der Waals surface area (Å²) in [6.45, 7) is 5.93. The van der Waals surface area contributed by atoms with E-state index in [1.165, 1.54) is 41.8 Å². The SMILES string of the molecule is Cl.Cl.NC(=O)C1(N2CCCCC2)CCN(CCCN2c3ccccc3CCc3cc(Cl)ccc32)CC1. The molecule has 3 aliphatic rings. The molecule has 2 aromatic carbocycles. The number of nitrogens with two attached hydrogens (primary N) is 1. The molecule has 36 heavy (non-hydrogen) atoms. The van der Waals surface area contributed by atoms with E-state index < -0.39 is 5.54 Å². The fourth-order valence-electron chi connectivity index (χ4n) is 6.28. The summed E-state index contributed by atoms with van der Waals surface area (Å²) < 4.78 is 0. The van der Waals surface area contributed by atoms with Gasteiger partial charge in [0.15, 0.2) is 0 Å². The van der Waals surface area contributed by atoms with Gasteiger partial charge in [-0.1, -0.05) is 36.2 Å². The Morgan fingerprint density at radius 2 is 1.53 bits per heavy atom.